The molecule has 1 saturated heterocycles. The van der Waals surface area contributed by atoms with Crippen molar-refractivity contribution in [3.05, 3.63) is 48.6 Å². The van der Waals surface area contributed by atoms with Crippen molar-refractivity contribution in [1.82, 2.24) is 4.31 Å². The van der Waals surface area contributed by atoms with E-state index in [-0.39, 0.29) is 0 Å². The van der Waals surface area contributed by atoms with Crippen LogP contribution in [0, 0.1) is 0 Å². The van der Waals surface area contributed by atoms with Crippen molar-refractivity contribution in [3.8, 4) is 0 Å². The minimum atomic E-state index is -3.18. The third-order valence-corrected chi connectivity index (χ3v) is 4.95. The van der Waals surface area contributed by atoms with Crippen molar-refractivity contribution < 1.29 is 8.42 Å². The normalized spacial score (nSPS) is 25.2. The van der Waals surface area contributed by atoms with Gasteiger partial charge in [0.1, 0.15) is 0 Å². The number of nitrogens with zero attached hydrogens (tertiary/aromatic N) is 1. The van der Waals surface area contributed by atoms with Gasteiger partial charge >= 0.3 is 0 Å². The molecule has 0 amide bonds. The average Bonchev–Trinajstić information content (AvgIpc) is 2.74. The summed E-state index contributed by atoms with van der Waals surface area (Å²) in [5.41, 5.74) is 0.697. The molecule has 1 aliphatic heterocycles. The average molecular weight is 265 g/mol. The van der Waals surface area contributed by atoms with Gasteiger partial charge in [0.15, 0.2) is 0 Å². The summed E-state index contributed by atoms with van der Waals surface area (Å²) in [6.07, 6.45) is 5.52. The summed E-state index contributed by atoms with van der Waals surface area (Å²) in [4.78, 5) is 0. The lowest BCUT2D eigenvalue weighted by Crippen LogP contribution is -2.46. The van der Waals surface area contributed by atoms with Crippen LogP contribution in [0.4, 0.5) is 0 Å². The predicted molar refractivity (Wildman–Crippen MR) is 73.9 cm³/mol. The summed E-state index contributed by atoms with van der Waals surface area (Å²) < 4.78 is 25.3. The topological polar surface area (TPSA) is 37.4 Å². The van der Waals surface area contributed by atoms with Crippen molar-refractivity contribution in [3.63, 3.8) is 0 Å². The quantitative estimate of drug-likeness (QED) is 0.783. The lowest BCUT2D eigenvalue weighted by Gasteiger charge is -2.34. The van der Waals surface area contributed by atoms with Gasteiger partial charge in [0.25, 0.3) is 0 Å². The third kappa shape index (κ3) is 2.49. The smallest absolute Gasteiger partial charge is 0.212 e. The van der Waals surface area contributed by atoms with E-state index in [0.717, 1.165) is 18.4 Å². The Morgan fingerprint density at radius 2 is 2.06 bits per heavy atom. The molecule has 0 bridgehead atoms. The minimum Gasteiger partial charge on any atom is -0.212 e. The summed E-state index contributed by atoms with van der Waals surface area (Å²) in [5, 5.41) is 0. The van der Waals surface area contributed by atoms with Gasteiger partial charge in [-0.2, -0.15) is 4.31 Å². The second-order valence-corrected chi connectivity index (χ2v) is 6.82. The molecule has 1 unspecified atom stereocenters. The Balaban J connectivity index is 2.33. The summed E-state index contributed by atoms with van der Waals surface area (Å²) in [6, 6.07) is 9.98. The Kier molecular flexibility index (Phi) is 3.59. The molecule has 2 rings (SSSR count). The van der Waals surface area contributed by atoms with Crippen molar-refractivity contribution in [2.45, 2.75) is 24.8 Å². The fourth-order valence-electron chi connectivity index (χ4n) is 2.77. The van der Waals surface area contributed by atoms with Gasteiger partial charge in [0.05, 0.1) is 11.8 Å². The Morgan fingerprint density at radius 1 is 1.39 bits per heavy atom. The van der Waals surface area contributed by atoms with E-state index in [2.05, 4.69) is 6.58 Å². The Hall–Kier alpha value is -1.13. The molecule has 1 atom stereocenters. The highest BCUT2D eigenvalue weighted by atomic mass is 32.2. The molecule has 0 N–H and O–H groups in total. The van der Waals surface area contributed by atoms with Gasteiger partial charge in [-0.15, -0.1) is 6.58 Å². The largest absolute Gasteiger partial charge is 0.212 e. The van der Waals surface area contributed by atoms with Crippen LogP contribution in [0.15, 0.2) is 43.0 Å². The van der Waals surface area contributed by atoms with E-state index in [4.69, 9.17) is 0 Å². The molecule has 3 nitrogen and oxygen atoms in total. The fourth-order valence-corrected chi connectivity index (χ4v) is 4.13. The zero-order chi connectivity index (χ0) is 13.2. The molecule has 0 spiro atoms. The molecule has 98 valence electrons. The maximum absolute atomic E-state index is 11.9. The van der Waals surface area contributed by atoms with E-state index in [0.29, 0.717) is 13.0 Å². The maximum Gasteiger partial charge on any atom is 0.212 e. The fraction of sp³-hybridized carbons (Fsp3) is 0.429. The first-order valence-corrected chi connectivity index (χ1v) is 7.98. The lowest BCUT2D eigenvalue weighted by molar-refractivity contribution is 0.303. The maximum atomic E-state index is 11.9. The van der Waals surface area contributed by atoms with Crippen LogP contribution in [0.2, 0.25) is 0 Å². The number of hydrogen-bond donors (Lipinski definition) is 0. The van der Waals surface area contributed by atoms with Crippen LogP contribution in [0.3, 0.4) is 0 Å². The number of hydrogen-bond acceptors (Lipinski definition) is 2. The first kappa shape index (κ1) is 13.3. The Labute approximate surface area is 109 Å². The SMILES string of the molecule is C=CC1(Cc2ccccc2)CCCN1S(C)(=O)=O. The van der Waals surface area contributed by atoms with Crippen molar-refractivity contribution in [1.29, 1.82) is 0 Å². The molecule has 18 heavy (non-hydrogen) atoms. The highest BCUT2D eigenvalue weighted by Crippen LogP contribution is 2.35. The number of benzene rings is 1. The molecule has 1 aromatic rings. The summed E-state index contributed by atoms with van der Waals surface area (Å²) in [6.45, 7) is 4.46. The number of rotatable bonds is 4. The van der Waals surface area contributed by atoms with Gasteiger partial charge in [-0.1, -0.05) is 36.4 Å². The van der Waals surface area contributed by atoms with E-state index in [1.807, 2.05) is 30.3 Å². The van der Waals surface area contributed by atoms with Gasteiger partial charge in [0.2, 0.25) is 10.0 Å². The van der Waals surface area contributed by atoms with Crippen LogP contribution < -0.4 is 0 Å². The van der Waals surface area contributed by atoms with Crippen LogP contribution in [0.25, 0.3) is 0 Å². The molecule has 1 heterocycles. The standard InChI is InChI=1S/C14H19NO2S/c1-3-14(12-13-8-5-4-6-9-13)10-7-11-15(14)18(2,16)17/h3-6,8-9H,1,7,10-12H2,2H3. The van der Waals surface area contributed by atoms with Gasteiger partial charge in [-0.05, 0) is 24.8 Å². The third-order valence-electron chi connectivity index (χ3n) is 3.60. The second-order valence-electron chi connectivity index (χ2n) is 4.91. The monoisotopic (exact) mass is 265 g/mol. The molecule has 0 aliphatic carbocycles. The summed E-state index contributed by atoms with van der Waals surface area (Å²) in [5.74, 6) is 0. The minimum absolute atomic E-state index is 0.449. The Morgan fingerprint density at radius 3 is 2.61 bits per heavy atom. The molecule has 0 aromatic heterocycles. The first-order valence-electron chi connectivity index (χ1n) is 6.13. The van der Waals surface area contributed by atoms with Crippen LogP contribution in [-0.4, -0.2) is 31.1 Å². The highest BCUT2D eigenvalue weighted by Gasteiger charge is 2.43. The predicted octanol–water partition coefficient (Wildman–Crippen LogP) is 2.21. The molecule has 1 fully saturated rings. The van der Waals surface area contributed by atoms with Gasteiger partial charge in [0, 0.05) is 6.54 Å². The van der Waals surface area contributed by atoms with E-state index < -0.39 is 15.6 Å². The zero-order valence-electron chi connectivity index (χ0n) is 10.7. The molecule has 1 aliphatic rings. The molecular formula is C14H19NO2S. The van der Waals surface area contributed by atoms with Gasteiger partial charge in [-0.3, -0.25) is 0 Å². The first-order chi connectivity index (χ1) is 8.48. The van der Waals surface area contributed by atoms with Crippen molar-refractivity contribution >= 4 is 10.0 Å². The molecular weight excluding hydrogens is 246 g/mol. The van der Waals surface area contributed by atoms with Crippen LogP contribution in [0.1, 0.15) is 18.4 Å². The van der Waals surface area contributed by atoms with E-state index >= 15 is 0 Å². The summed E-state index contributed by atoms with van der Waals surface area (Å²) in [7, 11) is -3.18. The van der Waals surface area contributed by atoms with Gasteiger partial charge < -0.3 is 0 Å². The van der Waals surface area contributed by atoms with E-state index in [1.165, 1.54) is 6.26 Å². The van der Waals surface area contributed by atoms with E-state index in [9.17, 15) is 8.42 Å². The lowest BCUT2D eigenvalue weighted by atomic mass is 9.89. The van der Waals surface area contributed by atoms with E-state index in [1.54, 1.807) is 10.4 Å². The molecule has 4 heteroatoms. The van der Waals surface area contributed by atoms with Crippen LogP contribution in [-0.2, 0) is 16.4 Å². The molecule has 0 saturated carbocycles. The van der Waals surface area contributed by atoms with Crippen molar-refractivity contribution in [2.75, 3.05) is 12.8 Å². The molecule has 0 radical (unpaired) electrons. The van der Waals surface area contributed by atoms with Crippen LogP contribution in [0.5, 0.6) is 0 Å². The van der Waals surface area contributed by atoms with Crippen molar-refractivity contribution in [2.24, 2.45) is 0 Å². The highest BCUT2D eigenvalue weighted by molar-refractivity contribution is 7.88. The Bertz CT molecular complexity index is 524. The second kappa shape index (κ2) is 4.86. The number of sulfonamides is 1. The summed E-state index contributed by atoms with van der Waals surface area (Å²) >= 11 is 0. The van der Waals surface area contributed by atoms with Crippen LogP contribution >= 0.6 is 0 Å². The zero-order valence-corrected chi connectivity index (χ0v) is 11.5. The van der Waals surface area contributed by atoms with Gasteiger partial charge in [-0.25, -0.2) is 8.42 Å². The molecule has 1 aromatic carbocycles.